The van der Waals surface area contributed by atoms with Crippen LogP contribution in [0.2, 0.25) is 0 Å². The number of anilines is 2. The summed E-state index contributed by atoms with van der Waals surface area (Å²) in [5.74, 6) is -0.0469. The number of aromatic nitrogens is 2. The summed E-state index contributed by atoms with van der Waals surface area (Å²) in [7, 11) is 0. The first-order valence-electron chi connectivity index (χ1n) is 6.32. The van der Waals surface area contributed by atoms with Gasteiger partial charge in [0.05, 0.1) is 17.4 Å². The van der Waals surface area contributed by atoms with Crippen molar-refractivity contribution in [1.82, 2.24) is 9.97 Å². The van der Waals surface area contributed by atoms with Gasteiger partial charge < -0.3 is 5.32 Å². The number of hydrogen-bond acceptors (Lipinski definition) is 4. The summed E-state index contributed by atoms with van der Waals surface area (Å²) in [5, 5.41) is 4.18. The molecule has 20 heavy (non-hydrogen) atoms. The first-order chi connectivity index (χ1) is 9.74. The summed E-state index contributed by atoms with van der Waals surface area (Å²) in [5.41, 5.74) is 2.95. The van der Waals surface area contributed by atoms with E-state index in [0.29, 0.717) is 5.69 Å². The van der Waals surface area contributed by atoms with Crippen molar-refractivity contribution in [2.75, 3.05) is 5.32 Å². The summed E-state index contributed by atoms with van der Waals surface area (Å²) in [6.07, 6.45) is 3.45. The molecule has 0 fully saturated rings. The van der Waals surface area contributed by atoms with Crippen LogP contribution in [-0.4, -0.2) is 15.8 Å². The van der Waals surface area contributed by atoms with Gasteiger partial charge in [-0.25, -0.2) is 4.98 Å². The van der Waals surface area contributed by atoms with Crippen LogP contribution in [0.25, 0.3) is 10.9 Å². The molecular formula is C16H13N3O. The number of fused-ring (bicyclic) bond motifs is 1. The van der Waals surface area contributed by atoms with E-state index in [1.54, 1.807) is 18.5 Å². The summed E-state index contributed by atoms with van der Waals surface area (Å²) in [6.45, 7) is 1.51. The van der Waals surface area contributed by atoms with Gasteiger partial charge in [-0.05, 0) is 24.3 Å². The third kappa shape index (κ3) is 2.36. The van der Waals surface area contributed by atoms with Crippen molar-refractivity contribution in [3.63, 3.8) is 0 Å². The Labute approximate surface area is 116 Å². The number of carbonyl (C=O) groups is 1. The van der Waals surface area contributed by atoms with E-state index in [4.69, 9.17) is 0 Å². The lowest BCUT2D eigenvalue weighted by Gasteiger charge is -2.09. The maximum atomic E-state index is 11.5. The highest BCUT2D eigenvalue weighted by atomic mass is 16.1. The van der Waals surface area contributed by atoms with E-state index in [1.807, 2.05) is 36.4 Å². The molecule has 0 aliphatic rings. The Kier molecular flexibility index (Phi) is 3.13. The molecule has 1 N–H and O–H groups in total. The number of benzene rings is 1. The van der Waals surface area contributed by atoms with Crippen molar-refractivity contribution in [2.45, 2.75) is 6.92 Å². The number of ketones is 1. The van der Waals surface area contributed by atoms with Crippen LogP contribution in [0.3, 0.4) is 0 Å². The molecule has 0 unspecified atom stereocenters. The molecule has 1 aromatic carbocycles. The van der Waals surface area contributed by atoms with E-state index >= 15 is 0 Å². The smallest absolute Gasteiger partial charge is 0.178 e. The minimum absolute atomic E-state index is 0.0469. The zero-order chi connectivity index (χ0) is 13.9. The Morgan fingerprint density at radius 1 is 1.05 bits per heavy atom. The largest absolute Gasteiger partial charge is 0.352 e. The number of pyridine rings is 2. The molecule has 0 saturated heterocycles. The van der Waals surface area contributed by atoms with Gasteiger partial charge in [-0.1, -0.05) is 18.2 Å². The number of carbonyl (C=O) groups excluding carboxylic acids is 1. The number of nitrogens with one attached hydrogen (secondary N) is 1. The number of rotatable bonds is 3. The lowest BCUT2D eigenvalue weighted by molar-refractivity contribution is 0.101. The SMILES string of the molecule is CC(=O)c1ccc2cncc(Nc3ccccc3)c2n1. The third-order valence-electron chi connectivity index (χ3n) is 3.01. The summed E-state index contributed by atoms with van der Waals surface area (Å²) >= 11 is 0. The summed E-state index contributed by atoms with van der Waals surface area (Å²) < 4.78 is 0. The van der Waals surface area contributed by atoms with Crippen LogP contribution >= 0.6 is 0 Å². The third-order valence-corrected chi connectivity index (χ3v) is 3.01. The Bertz CT molecular complexity index is 769. The van der Waals surface area contributed by atoms with Crippen molar-refractivity contribution in [3.05, 3.63) is 60.6 Å². The van der Waals surface area contributed by atoms with Crippen molar-refractivity contribution in [2.24, 2.45) is 0 Å². The van der Waals surface area contributed by atoms with Crippen molar-refractivity contribution >= 4 is 28.1 Å². The van der Waals surface area contributed by atoms with Crippen LogP contribution in [0.5, 0.6) is 0 Å². The van der Waals surface area contributed by atoms with Crippen molar-refractivity contribution < 1.29 is 4.79 Å². The van der Waals surface area contributed by atoms with E-state index in [1.165, 1.54) is 6.92 Å². The van der Waals surface area contributed by atoms with Gasteiger partial charge in [-0.2, -0.15) is 0 Å². The van der Waals surface area contributed by atoms with Gasteiger partial charge >= 0.3 is 0 Å². The minimum atomic E-state index is -0.0469. The molecule has 0 aliphatic heterocycles. The van der Waals surface area contributed by atoms with Crippen molar-refractivity contribution in [1.29, 1.82) is 0 Å². The molecule has 0 saturated carbocycles. The fraction of sp³-hybridized carbons (Fsp3) is 0.0625. The maximum Gasteiger partial charge on any atom is 0.178 e. The molecule has 4 heteroatoms. The predicted octanol–water partition coefficient (Wildman–Crippen LogP) is 3.58. The molecule has 0 bridgehead atoms. The number of hydrogen-bond donors (Lipinski definition) is 1. The quantitative estimate of drug-likeness (QED) is 0.734. The minimum Gasteiger partial charge on any atom is -0.352 e. The first-order valence-corrected chi connectivity index (χ1v) is 6.32. The van der Waals surface area contributed by atoms with E-state index < -0.39 is 0 Å². The van der Waals surface area contributed by atoms with Gasteiger partial charge in [0.1, 0.15) is 5.69 Å². The van der Waals surface area contributed by atoms with E-state index in [-0.39, 0.29) is 5.78 Å². The van der Waals surface area contributed by atoms with Crippen LogP contribution in [0.4, 0.5) is 11.4 Å². The van der Waals surface area contributed by atoms with Crippen LogP contribution in [-0.2, 0) is 0 Å². The van der Waals surface area contributed by atoms with Gasteiger partial charge in [-0.15, -0.1) is 0 Å². The van der Waals surface area contributed by atoms with E-state index in [9.17, 15) is 4.79 Å². The second-order valence-corrected chi connectivity index (χ2v) is 4.50. The zero-order valence-electron chi connectivity index (χ0n) is 11.0. The Hall–Kier alpha value is -2.75. The molecular weight excluding hydrogens is 250 g/mol. The Morgan fingerprint density at radius 3 is 2.60 bits per heavy atom. The van der Waals surface area contributed by atoms with Crippen LogP contribution in [0, 0.1) is 0 Å². The fourth-order valence-corrected chi connectivity index (χ4v) is 2.01. The molecule has 0 spiro atoms. The van der Waals surface area contributed by atoms with E-state index in [0.717, 1.165) is 22.3 Å². The normalized spacial score (nSPS) is 10.4. The Balaban J connectivity index is 2.10. The van der Waals surface area contributed by atoms with Gasteiger partial charge in [-0.3, -0.25) is 9.78 Å². The molecule has 3 aromatic rings. The van der Waals surface area contributed by atoms with Gasteiger partial charge in [0.2, 0.25) is 0 Å². The maximum absolute atomic E-state index is 11.5. The number of nitrogens with zero attached hydrogens (tertiary/aromatic N) is 2. The summed E-state index contributed by atoms with van der Waals surface area (Å²) in [4.78, 5) is 20.1. The highest BCUT2D eigenvalue weighted by Crippen LogP contribution is 2.24. The molecule has 0 aliphatic carbocycles. The second kappa shape index (κ2) is 5.09. The lowest BCUT2D eigenvalue weighted by Crippen LogP contribution is -1.99. The average molecular weight is 263 g/mol. The highest BCUT2D eigenvalue weighted by Gasteiger charge is 2.07. The van der Waals surface area contributed by atoms with Crippen molar-refractivity contribution in [3.8, 4) is 0 Å². The number of para-hydroxylation sites is 1. The Morgan fingerprint density at radius 2 is 1.85 bits per heavy atom. The molecule has 0 amide bonds. The van der Waals surface area contributed by atoms with E-state index in [2.05, 4.69) is 15.3 Å². The van der Waals surface area contributed by atoms with Gasteiger partial charge in [0, 0.05) is 24.2 Å². The molecule has 0 radical (unpaired) electrons. The van der Waals surface area contributed by atoms with Gasteiger partial charge in [0.15, 0.2) is 5.78 Å². The average Bonchev–Trinajstić information content (AvgIpc) is 2.48. The highest BCUT2D eigenvalue weighted by molar-refractivity contribution is 5.97. The number of Topliss-reactive ketones (excluding diaryl/α,β-unsaturated/α-hetero) is 1. The second-order valence-electron chi connectivity index (χ2n) is 4.50. The molecule has 0 atom stereocenters. The van der Waals surface area contributed by atoms with Crippen LogP contribution < -0.4 is 5.32 Å². The molecule has 2 aromatic heterocycles. The molecule has 3 rings (SSSR count). The fourth-order valence-electron chi connectivity index (χ4n) is 2.01. The monoisotopic (exact) mass is 263 g/mol. The van der Waals surface area contributed by atoms with Crippen LogP contribution in [0.1, 0.15) is 17.4 Å². The zero-order valence-corrected chi connectivity index (χ0v) is 11.0. The van der Waals surface area contributed by atoms with Gasteiger partial charge in [0.25, 0.3) is 0 Å². The van der Waals surface area contributed by atoms with Crippen LogP contribution in [0.15, 0.2) is 54.9 Å². The lowest BCUT2D eigenvalue weighted by atomic mass is 10.2. The molecule has 98 valence electrons. The summed E-state index contributed by atoms with van der Waals surface area (Å²) in [6, 6.07) is 13.4. The topological polar surface area (TPSA) is 54.9 Å². The molecule has 4 nitrogen and oxygen atoms in total. The molecule has 2 heterocycles. The standard InChI is InChI=1S/C16H13N3O/c1-11(20)14-8-7-12-9-17-10-15(16(12)19-14)18-13-5-3-2-4-6-13/h2-10,18H,1H3. The predicted molar refractivity (Wildman–Crippen MR) is 79.3 cm³/mol. The first kappa shape index (κ1) is 12.3.